The zero-order chi connectivity index (χ0) is 23.6. The van der Waals surface area contributed by atoms with Crippen molar-refractivity contribution in [3.05, 3.63) is 69.9 Å². The number of amides is 1. The average Bonchev–Trinajstić information content (AvgIpc) is 3.43. The molecule has 3 atom stereocenters. The second-order valence-electron chi connectivity index (χ2n) is 8.44. The van der Waals surface area contributed by atoms with Crippen LogP contribution in [0.3, 0.4) is 0 Å². The fourth-order valence-corrected chi connectivity index (χ4v) is 4.73. The van der Waals surface area contributed by atoms with Gasteiger partial charge in [0.15, 0.2) is 0 Å². The molecule has 1 aliphatic heterocycles. The number of rotatable bonds is 10. The van der Waals surface area contributed by atoms with Gasteiger partial charge in [0.25, 0.3) is 0 Å². The third kappa shape index (κ3) is 7.59. The first-order valence-electron chi connectivity index (χ1n) is 11.4. The molecular formula is C27H31NO4S. The number of carbonyl (C=O) groups excluding carboxylic acids is 1. The fourth-order valence-electron chi connectivity index (χ4n) is 3.84. The summed E-state index contributed by atoms with van der Waals surface area (Å²) in [7, 11) is 0. The van der Waals surface area contributed by atoms with E-state index in [0.717, 1.165) is 24.1 Å². The van der Waals surface area contributed by atoms with Gasteiger partial charge in [-0.05, 0) is 42.9 Å². The van der Waals surface area contributed by atoms with Gasteiger partial charge in [-0.2, -0.15) is 0 Å². The smallest absolute Gasteiger partial charge is 0.345 e. The molecular weight excluding hydrogens is 434 g/mol. The van der Waals surface area contributed by atoms with Gasteiger partial charge in [0, 0.05) is 30.7 Å². The van der Waals surface area contributed by atoms with Crippen LogP contribution in [0, 0.1) is 17.8 Å². The third-order valence-corrected chi connectivity index (χ3v) is 7.00. The lowest BCUT2D eigenvalue weighted by atomic mass is 9.99. The third-order valence-electron chi connectivity index (χ3n) is 5.87. The number of likely N-dealkylation sites (tertiary alicyclic amines) is 1. The minimum absolute atomic E-state index is 0.00133. The number of carbonyl (C=O) groups is 2. The van der Waals surface area contributed by atoms with E-state index in [1.54, 1.807) is 12.1 Å². The SMILES string of the molecule is C[C@@H](CC#CCc1ccccc1)[C@H](O)C=C[C@H]1CCC(=O)N1CCCc1ccc(C(=O)O)s1. The van der Waals surface area contributed by atoms with Gasteiger partial charge in [0.1, 0.15) is 4.88 Å². The van der Waals surface area contributed by atoms with Gasteiger partial charge in [-0.3, -0.25) is 4.79 Å². The van der Waals surface area contributed by atoms with Crippen LogP contribution in [0.5, 0.6) is 0 Å². The van der Waals surface area contributed by atoms with Gasteiger partial charge < -0.3 is 15.1 Å². The van der Waals surface area contributed by atoms with Gasteiger partial charge in [0.05, 0.1) is 12.1 Å². The predicted octanol–water partition coefficient (Wildman–Crippen LogP) is 4.56. The monoisotopic (exact) mass is 465 g/mol. The van der Waals surface area contributed by atoms with Gasteiger partial charge in [-0.1, -0.05) is 55.3 Å². The lowest BCUT2D eigenvalue weighted by molar-refractivity contribution is -0.128. The molecule has 0 bridgehead atoms. The van der Waals surface area contributed by atoms with Crippen molar-refractivity contribution in [1.82, 2.24) is 4.90 Å². The van der Waals surface area contributed by atoms with Crippen LogP contribution in [0.25, 0.3) is 0 Å². The Morgan fingerprint density at radius 3 is 2.76 bits per heavy atom. The number of hydrogen-bond acceptors (Lipinski definition) is 4. The average molecular weight is 466 g/mol. The summed E-state index contributed by atoms with van der Waals surface area (Å²) in [6.07, 6.45) is 7.30. The van der Waals surface area contributed by atoms with Crippen molar-refractivity contribution >= 4 is 23.2 Å². The van der Waals surface area contributed by atoms with E-state index in [0.29, 0.717) is 30.7 Å². The van der Waals surface area contributed by atoms with Crippen molar-refractivity contribution in [2.45, 2.75) is 57.6 Å². The Bertz CT molecular complexity index is 1020. The fraction of sp³-hybridized carbons (Fsp3) is 0.407. The summed E-state index contributed by atoms with van der Waals surface area (Å²) >= 11 is 1.29. The molecule has 0 saturated carbocycles. The highest BCUT2D eigenvalue weighted by Gasteiger charge is 2.28. The number of aliphatic hydroxyl groups is 1. The molecule has 1 saturated heterocycles. The Balaban J connectivity index is 1.44. The van der Waals surface area contributed by atoms with Crippen molar-refractivity contribution in [2.75, 3.05) is 6.54 Å². The van der Waals surface area contributed by atoms with Crippen LogP contribution in [0.4, 0.5) is 0 Å². The molecule has 2 N–H and O–H groups in total. The summed E-state index contributed by atoms with van der Waals surface area (Å²) in [6.45, 7) is 2.61. The number of hydrogen-bond donors (Lipinski definition) is 2. The van der Waals surface area contributed by atoms with E-state index >= 15 is 0 Å². The second kappa shape index (κ2) is 12.4. The normalized spacial score (nSPS) is 17.7. The summed E-state index contributed by atoms with van der Waals surface area (Å²) in [4.78, 5) is 26.6. The topological polar surface area (TPSA) is 77.8 Å². The molecule has 0 aliphatic carbocycles. The molecule has 5 nitrogen and oxygen atoms in total. The summed E-state index contributed by atoms with van der Waals surface area (Å²) in [6, 6.07) is 13.6. The molecule has 2 heterocycles. The van der Waals surface area contributed by atoms with Crippen molar-refractivity contribution < 1.29 is 19.8 Å². The molecule has 1 amide bonds. The van der Waals surface area contributed by atoms with E-state index in [4.69, 9.17) is 5.11 Å². The van der Waals surface area contributed by atoms with E-state index in [1.807, 2.05) is 42.2 Å². The Kier molecular flexibility index (Phi) is 9.29. The number of carboxylic acids is 1. The van der Waals surface area contributed by atoms with Gasteiger partial charge >= 0.3 is 5.97 Å². The summed E-state index contributed by atoms with van der Waals surface area (Å²) in [5.74, 6) is 5.58. The quantitative estimate of drug-likeness (QED) is 0.398. The Labute approximate surface area is 199 Å². The molecule has 1 aromatic heterocycles. The maximum Gasteiger partial charge on any atom is 0.345 e. The molecule has 174 valence electrons. The number of benzene rings is 1. The van der Waals surface area contributed by atoms with Crippen molar-refractivity contribution in [2.24, 2.45) is 5.92 Å². The maximum absolute atomic E-state index is 12.3. The van der Waals surface area contributed by atoms with Crippen LogP contribution in [-0.4, -0.2) is 45.7 Å². The predicted molar refractivity (Wildman–Crippen MR) is 131 cm³/mol. The molecule has 33 heavy (non-hydrogen) atoms. The highest BCUT2D eigenvalue weighted by Crippen LogP contribution is 2.23. The Morgan fingerprint density at radius 2 is 2.03 bits per heavy atom. The van der Waals surface area contributed by atoms with Crippen molar-refractivity contribution in [3.63, 3.8) is 0 Å². The molecule has 1 aromatic carbocycles. The van der Waals surface area contributed by atoms with Crippen LogP contribution < -0.4 is 0 Å². The number of aromatic carboxylic acids is 1. The van der Waals surface area contributed by atoms with Crippen LogP contribution in [0.2, 0.25) is 0 Å². The number of aliphatic hydroxyl groups excluding tert-OH is 1. The summed E-state index contributed by atoms with van der Waals surface area (Å²) < 4.78 is 0. The van der Waals surface area contributed by atoms with E-state index in [-0.39, 0.29) is 17.9 Å². The Morgan fingerprint density at radius 1 is 1.24 bits per heavy atom. The first-order valence-corrected chi connectivity index (χ1v) is 12.2. The maximum atomic E-state index is 12.3. The molecule has 1 aliphatic rings. The highest BCUT2D eigenvalue weighted by atomic mass is 32.1. The van der Waals surface area contributed by atoms with Crippen molar-refractivity contribution in [3.8, 4) is 11.8 Å². The summed E-state index contributed by atoms with van der Waals surface area (Å²) in [5.41, 5.74) is 1.19. The molecule has 1 fully saturated rings. The van der Waals surface area contributed by atoms with Crippen LogP contribution in [0.15, 0.2) is 54.6 Å². The van der Waals surface area contributed by atoms with Gasteiger partial charge in [0.2, 0.25) is 5.91 Å². The summed E-state index contributed by atoms with van der Waals surface area (Å²) in [5, 5.41) is 19.6. The standard InChI is InChI=1S/C27H31NO4S/c1-20(8-5-6-11-21-9-3-2-4-10-21)24(29)16-13-22-14-18-26(30)28(22)19-7-12-23-15-17-25(33-23)27(31)32/h2-4,9-10,13,15-17,20,22,24,29H,7-8,11-12,14,18-19H2,1H3,(H,31,32)/t20-,22-,24+/m0/s1. The first kappa shape index (κ1) is 24.8. The lowest BCUT2D eigenvalue weighted by Crippen LogP contribution is -2.33. The lowest BCUT2D eigenvalue weighted by Gasteiger charge is -2.23. The van der Waals surface area contributed by atoms with E-state index in [2.05, 4.69) is 24.0 Å². The second-order valence-corrected chi connectivity index (χ2v) is 9.61. The zero-order valence-corrected chi connectivity index (χ0v) is 19.8. The highest BCUT2D eigenvalue weighted by molar-refractivity contribution is 7.13. The minimum Gasteiger partial charge on any atom is -0.477 e. The number of carboxylic acid groups (broad SMARTS) is 1. The molecule has 0 spiro atoms. The number of aryl methyl sites for hydroxylation is 1. The van der Waals surface area contributed by atoms with Crippen LogP contribution in [0.1, 0.15) is 52.7 Å². The number of nitrogens with zero attached hydrogens (tertiary/aromatic N) is 1. The van der Waals surface area contributed by atoms with Crippen LogP contribution in [-0.2, 0) is 17.6 Å². The molecule has 3 rings (SSSR count). The van der Waals surface area contributed by atoms with E-state index in [1.165, 1.54) is 16.9 Å². The Hall–Kier alpha value is -2.88. The van der Waals surface area contributed by atoms with E-state index in [9.17, 15) is 14.7 Å². The van der Waals surface area contributed by atoms with E-state index < -0.39 is 12.1 Å². The molecule has 0 radical (unpaired) electrons. The minimum atomic E-state index is -0.902. The molecule has 0 unspecified atom stereocenters. The largest absolute Gasteiger partial charge is 0.477 e. The molecule has 2 aromatic rings. The first-order chi connectivity index (χ1) is 15.9. The molecule has 6 heteroatoms. The van der Waals surface area contributed by atoms with Crippen LogP contribution >= 0.6 is 11.3 Å². The number of thiophene rings is 1. The van der Waals surface area contributed by atoms with Gasteiger partial charge in [-0.25, -0.2) is 4.79 Å². The van der Waals surface area contributed by atoms with Gasteiger partial charge in [-0.15, -0.1) is 17.3 Å². The van der Waals surface area contributed by atoms with Crippen molar-refractivity contribution in [1.29, 1.82) is 0 Å². The zero-order valence-electron chi connectivity index (χ0n) is 18.9.